The van der Waals surface area contributed by atoms with E-state index in [-0.39, 0.29) is 0 Å². The van der Waals surface area contributed by atoms with Crippen LogP contribution >= 0.6 is 11.3 Å². The number of aryl methyl sites for hydroxylation is 1. The van der Waals surface area contributed by atoms with Crippen molar-refractivity contribution < 1.29 is 0 Å². The Kier molecular flexibility index (Phi) is 7.47. The van der Waals surface area contributed by atoms with E-state index < -0.39 is 0 Å². The van der Waals surface area contributed by atoms with E-state index >= 15 is 0 Å². The Morgan fingerprint density at radius 2 is 1.54 bits per heavy atom. The molecule has 2 aliphatic rings. The first-order chi connectivity index (χ1) is 18.2. The lowest BCUT2D eigenvalue weighted by Crippen LogP contribution is -2.50. The SMILES string of the molecule is CCCN(CCN1CCN(CCn2c3ccccc3c3ccccc32)CC1)[C@H]1CCc2nc(N)sc2C1. The first kappa shape index (κ1) is 24.9. The number of nitrogens with two attached hydrogens (primary N) is 1. The zero-order valence-corrected chi connectivity index (χ0v) is 22.9. The van der Waals surface area contributed by atoms with Crippen molar-refractivity contribution >= 4 is 38.3 Å². The molecule has 2 aromatic carbocycles. The Labute approximate surface area is 224 Å². The van der Waals surface area contributed by atoms with E-state index in [0.29, 0.717) is 6.04 Å². The highest BCUT2D eigenvalue weighted by atomic mass is 32.1. The number of fused-ring (bicyclic) bond motifs is 4. The summed E-state index contributed by atoms with van der Waals surface area (Å²) in [5.41, 5.74) is 9.95. The lowest BCUT2D eigenvalue weighted by Gasteiger charge is -2.38. The molecular formula is C30H40N6S. The molecular weight excluding hydrogens is 476 g/mol. The Morgan fingerprint density at radius 1 is 0.892 bits per heavy atom. The van der Waals surface area contributed by atoms with E-state index in [0.717, 1.165) is 44.2 Å². The normalized spacial score (nSPS) is 19.2. The van der Waals surface area contributed by atoms with Crippen molar-refractivity contribution in [1.29, 1.82) is 0 Å². The summed E-state index contributed by atoms with van der Waals surface area (Å²) in [4.78, 5) is 14.0. The maximum Gasteiger partial charge on any atom is 0.180 e. The van der Waals surface area contributed by atoms with Gasteiger partial charge in [0.2, 0.25) is 0 Å². The monoisotopic (exact) mass is 516 g/mol. The first-order valence-electron chi connectivity index (χ1n) is 14.1. The number of benzene rings is 2. The maximum absolute atomic E-state index is 5.99. The number of thiazole rings is 1. The van der Waals surface area contributed by atoms with E-state index in [1.54, 1.807) is 11.3 Å². The summed E-state index contributed by atoms with van der Waals surface area (Å²) in [5, 5.41) is 3.48. The van der Waals surface area contributed by atoms with Gasteiger partial charge in [0.15, 0.2) is 5.13 Å². The van der Waals surface area contributed by atoms with Gasteiger partial charge in [-0.05, 0) is 44.4 Å². The van der Waals surface area contributed by atoms with Crippen LogP contribution in [0.2, 0.25) is 0 Å². The fourth-order valence-corrected chi connectivity index (χ4v) is 7.39. The van der Waals surface area contributed by atoms with E-state index in [9.17, 15) is 0 Å². The molecule has 0 bridgehead atoms. The molecule has 196 valence electrons. The van der Waals surface area contributed by atoms with E-state index in [1.807, 2.05) is 0 Å². The van der Waals surface area contributed by atoms with Crippen LogP contribution in [0.1, 0.15) is 30.3 Å². The number of aromatic nitrogens is 2. The van der Waals surface area contributed by atoms with Crippen molar-refractivity contribution in [2.75, 3.05) is 58.1 Å². The molecule has 0 saturated carbocycles. The van der Waals surface area contributed by atoms with E-state index in [4.69, 9.17) is 5.73 Å². The van der Waals surface area contributed by atoms with Gasteiger partial charge in [0.05, 0.1) is 5.69 Å². The van der Waals surface area contributed by atoms with Gasteiger partial charge < -0.3 is 10.3 Å². The van der Waals surface area contributed by atoms with Gasteiger partial charge in [-0.15, -0.1) is 11.3 Å². The third-order valence-corrected chi connectivity index (χ3v) is 9.39. The fourth-order valence-electron chi connectivity index (χ4n) is 6.45. The Morgan fingerprint density at radius 3 is 2.22 bits per heavy atom. The largest absolute Gasteiger partial charge is 0.375 e. The molecule has 2 N–H and O–H groups in total. The van der Waals surface area contributed by atoms with Gasteiger partial charge in [0.25, 0.3) is 0 Å². The van der Waals surface area contributed by atoms with Gasteiger partial charge in [-0.1, -0.05) is 43.3 Å². The van der Waals surface area contributed by atoms with Crippen molar-refractivity contribution in [3.63, 3.8) is 0 Å². The topological polar surface area (TPSA) is 53.6 Å². The van der Waals surface area contributed by atoms with Crippen molar-refractivity contribution in [3.05, 3.63) is 59.1 Å². The van der Waals surface area contributed by atoms with Crippen LogP contribution in [0.5, 0.6) is 0 Å². The predicted molar refractivity (Wildman–Crippen MR) is 157 cm³/mol. The van der Waals surface area contributed by atoms with Crippen LogP contribution in [0.15, 0.2) is 48.5 Å². The van der Waals surface area contributed by atoms with Gasteiger partial charge in [-0.25, -0.2) is 4.98 Å². The molecule has 1 atom stereocenters. The third kappa shape index (κ3) is 5.28. The molecule has 7 heteroatoms. The first-order valence-corrected chi connectivity index (χ1v) is 14.9. The van der Waals surface area contributed by atoms with Gasteiger partial charge in [-0.3, -0.25) is 14.7 Å². The molecule has 3 heterocycles. The van der Waals surface area contributed by atoms with Crippen LogP contribution in [-0.4, -0.2) is 82.7 Å². The molecule has 1 fully saturated rings. The molecule has 0 amide bonds. The molecule has 6 rings (SSSR count). The second-order valence-corrected chi connectivity index (χ2v) is 11.8. The van der Waals surface area contributed by atoms with Crippen LogP contribution in [0.3, 0.4) is 0 Å². The van der Waals surface area contributed by atoms with Crippen LogP contribution in [0.4, 0.5) is 5.13 Å². The highest BCUT2D eigenvalue weighted by molar-refractivity contribution is 7.15. The van der Waals surface area contributed by atoms with Crippen LogP contribution in [-0.2, 0) is 19.4 Å². The van der Waals surface area contributed by atoms with Crippen molar-refractivity contribution in [2.45, 2.75) is 45.2 Å². The number of nitrogens with zero attached hydrogens (tertiary/aromatic N) is 5. The Bertz CT molecular complexity index is 1280. The zero-order valence-electron chi connectivity index (χ0n) is 22.1. The van der Waals surface area contributed by atoms with Crippen LogP contribution < -0.4 is 5.73 Å². The van der Waals surface area contributed by atoms with Crippen LogP contribution in [0, 0.1) is 0 Å². The molecule has 1 aliphatic heterocycles. The smallest absolute Gasteiger partial charge is 0.180 e. The minimum atomic E-state index is 0.639. The number of nitrogen functional groups attached to an aromatic ring is 1. The summed E-state index contributed by atoms with van der Waals surface area (Å²) in [6.07, 6.45) is 4.64. The summed E-state index contributed by atoms with van der Waals surface area (Å²) in [6, 6.07) is 18.3. The molecule has 0 radical (unpaired) electrons. The van der Waals surface area contributed by atoms with Crippen molar-refractivity contribution in [3.8, 4) is 0 Å². The van der Waals surface area contributed by atoms with E-state index in [1.165, 1.54) is 77.9 Å². The van der Waals surface area contributed by atoms with Gasteiger partial charge in [-0.2, -0.15) is 0 Å². The lowest BCUT2D eigenvalue weighted by atomic mass is 9.96. The lowest BCUT2D eigenvalue weighted by molar-refractivity contribution is 0.102. The summed E-state index contributed by atoms with van der Waals surface area (Å²) in [6.45, 7) is 12.7. The third-order valence-electron chi connectivity index (χ3n) is 8.45. The summed E-state index contributed by atoms with van der Waals surface area (Å²) in [7, 11) is 0. The summed E-state index contributed by atoms with van der Waals surface area (Å²) >= 11 is 1.70. The number of rotatable bonds is 9. The maximum atomic E-state index is 5.99. The molecule has 1 saturated heterocycles. The predicted octanol–water partition coefficient (Wildman–Crippen LogP) is 4.72. The second-order valence-electron chi connectivity index (χ2n) is 10.7. The summed E-state index contributed by atoms with van der Waals surface area (Å²) < 4.78 is 2.52. The fraction of sp³-hybridized carbons (Fsp3) is 0.500. The molecule has 4 aromatic rings. The average molecular weight is 517 g/mol. The minimum Gasteiger partial charge on any atom is -0.375 e. The minimum absolute atomic E-state index is 0.639. The molecule has 2 aromatic heterocycles. The van der Waals surface area contributed by atoms with Gasteiger partial charge >= 0.3 is 0 Å². The Hall–Kier alpha value is -2.45. The highest BCUT2D eigenvalue weighted by Crippen LogP contribution is 2.31. The molecule has 0 unspecified atom stereocenters. The second kappa shape index (κ2) is 11.1. The van der Waals surface area contributed by atoms with Gasteiger partial charge in [0, 0.05) is 85.1 Å². The number of piperazine rings is 1. The molecule has 37 heavy (non-hydrogen) atoms. The van der Waals surface area contributed by atoms with Crippen molar-refractivity contribution in [2.24, 2.45) is 0 Å². The van der Waals surface area contributed by atoms with Crippen molar-refractivity contribution in [1.82, 2.24) is 24.3 Å². The Balaban J connectivity index is 1.01. The summed E-state index contributed by atoms with van der Waals surface area (Å²) in [5.74, 6) is 0. The van der Waals surface area contributed by atoms with E-state index in [2.05, 4.69) is 79.7 Å². The van der Waals surface area contributed by atoms with Gasteiger partial charge in [0.1, 0.15) is 0 Å². The quantitative estimate of drug-likeness (QED) is 0.349. The zero-order chi connectivity index (χ0) is 25.2. The number of hydrogen-bond donors (Lipinski definition) is 1. The molecule has 0 spiro atoms. The van der Waals surface area contributed by atoms with Crippen LogP contribution in [0.25, 0.3) is 21.8 Å². The number of anilines is 1. The number of hydrogen-bond acceptors (Lipinski definition) is 6. The number of para-hydroxylation sites is 2. The average Bonchev–Trinajstić information content (AvgIpc) is 3.46. The highest BCUT2D eigenvalue weighted by Gasteiger charge is 2.27. The molecule has 6 nitrogen and oxygen atoms in total. The molecule has 1 aliphatic carbocycles. The standard InChI is InChI=1S/C30H40N6S/c1-2-13-35(23-11-12-26-29(22-23)37-30(31)32-26)20-18-33-14-16-34(17-15-33)19-21-36-27-9-5-3-7-24(27)25-8-4-6-10-28(25)36/h3-10,23H,2,11-22H2,1H3,(H2,31,32)/t23-/m0/s1.